The summed E-state index contributed by atoms with van der Waals surface area (Å²) in [5.41, 5.74) is 2.36. The van der Waals surface area contributed by atoms with Crippen molar-refractivity contribution in [1.82, 2.24) is 9.78 Å². The van der Waals surface area contributed by atoms with Gasteiger partial charge in [-0.25, -0.2) is 0 Å². The molecule has 1 aliphatic rings. The van der Waals surface area contributed by atoms with Gasteiger partial charge in [-0.15, -0.1) is 0 Å². The molecule has 17 heavy (non-hydrogen) atoms. The van der Waals surface area contributed by atoms with Gasteiger partial charge >= 0.3 is 0 Å². The third kappa shape index (κ3) is 2.89. The first kappa shape index (κ1) is 12.6. The van der Waals surface area contributed by atoms with E-state index in [2.05, 4.69) is 43.5 Å². The number of nitrogens with zero attached hydrogens (tertiary/aromatic N) is 2. The lowest BCUT2D eigenvalue weighted by molar-refractivity contribution is -0.0436. The fourth-order valence-electron chi connectivity index (χ4n) is 2.85. The summed E-state index contributed by atoms with van der Waals surface area (Å²) in [5.74, 6) is 0. The van der Waals surface area contributed by atoms with Crippen molar-refractivity contribution in [2.75, 3.05) is 0 Å². The SMILES string of the molecule is Cc1cc(C)n(C2CCCCC2OC(C)C)n1. The zero-order chi connectivity index (χ0) is 12.4. The molecule has 0 N–H and O–H groups in total. The summed E-state index contributed by atoms with van der Waals surface area (Å²) >= 11 is 0. The van der Waals surface area contributed by atoms with Gasteiger partial charge in [0.25, 0.3) is 0 Å². The second-order valence-corrected chi connectivity index (χ2v) is 5.45. The van der Waals surface area contributed by atoms with Crippen LogP contribution in [0.2, 0.25) is 0 Å². The van der Waals surface area contributed by atoms with Crippen molar-refractivity contribution in [3.8, 4) is 0 Å². The average molecular weight is 236 g/mol. The van der Waals surface area contributed by atoms with Crippen LogP contribution in [0.4, 0.5) is 0 Å². The minimum Gasteiger partial charge on any atom is -0.373 e. The Kier molecular flexibility index (Phi) is 3.87. The van der Waals surface area contributed by atoms with Gasteiger partial charge in [0, 0.05) is 5.69 Å². The van der Waals surface area contributed by atoms with E-state index < -0.39 is 0 Å². The van der Waals surface area contributed by atoms with Gasteiger partial charge in [0.1, 0.15) is 0 Å². The second-order valence-electron chi connectivity index (χ2n) is 5.45. The Hall–Kier alpha value is -0.830. The summed E-state index contributed by atoms with van der Waals surface area (Å²) in [6.45, 7) is 8.44. The molecule has 1 fully saturated rings. The van der Waals surface area contributed by atoms with Crippen LogP contribution in [0.25, 0.3) is 0 Å². The number of aryl methyl sites for hydroxylation is 2. The van der Waals surface area contributed by atoms with E-state index in [0.717, 1.165) is 5.69 Å². The number of rotatable bonds is 3. The van der Waals surface area contributed by atoms with Crippen molar-refractivity contribution < 1.29 is 4.74 Å². The molecule has 1 aromatic rings. The zero-order valence-electron chi connectivity index (χ0n) is 11.4. The van der Waals surface area contributed by atoms with E-state index in [1.54, 1.807) is 0 Å². The Balaban J connectivity index is 2.18. The highest BCUT2D eigenvalue weighted by Crippen LogP contribution is 2.32. The highest BCUT2D eigenvalue weighted by Gasteiger charge is 2.29. The van der Waals surface area contributed by atoms with Crippen molar-refractivity contribution in [1.29, 1.82) is 0 Å². The molecule has 1 heterocycles. The Morgan fingerprint density at radius 1 is 1.29 bits per heavy atom. The van der Waals surface area contributed by atoms with Crippen LogP contribution in [0.3, 0.4) is 0 Å². The standard InChI is InChI=1S/C14H24N2O/c1-10(2)17-14-8-6-5-7-13(14)16-12(4)9-11(3)15-16/h9-10,13-14H,5-8H2,1-4H3. The van der Waals surface area contributed by atoms with E-state index in [-0.39, 0.29) is 0 Å². The molecule has 1 aromatic heterocycles. The average Bonchev–Trinajstić information content (AvgIpc) is 2.58. The van der Waals surface area contributed by atoms with E-state index >= 15 is 0 Å². The van der Waals surface area contributed by atoms with Crippen LogP contribution in [0.15, 0.2) is 6.07 Å². The van der Waals surface area contributed by atoms with Gasteiger partial charge < -0.3 is 4.74 Å². The quantitative estimate of drug-likeness (QED) is 0.804. The molecule has 0 spiro atoms. The third-order valence-electron chi connectivity index (χ3n) is 3.47. The van der Waals surface area contributed by atoms with Crippen LogP contribution in [0, 0.1) is 13.8 Å². The largest absolute Gasteiger partial charge is 0.373 e. The minimum atomic E-state index is 0.303. The van der Waals surface area contributed by atoms with E-state index in [4.69, 9.17) is 4.74 Å². The Morgan fingerprint density at radius 2 is 2.00 bits per heavy atom. The van der Waals surface area contributed by atoms with E-state index in [1.807, 2.05) is 0 Å². The fraction of sp³-hybridized carbons (Fsp3) is 0.786. The van der Waals surface area contributed by atoms with Crippen LogP contribution in [-0.4, -0.2) is 22.0 Å². The Labute approximate surface area is 104 Å². The predicted octanol–water partition coefficient (Wildman–Crippen LogP) is 3.41. The van der Waals surface area contributed by atoms with Crippen LogP contribution in [-0.2, 0) is 4.74 Å². The Morgan fingerprint density at radius 3 is 2.59 bits per heavy atom. The van der Waals surface area contributed by atoms with Crippen molar-refractivity contribution in [3.05, 3.63) is 17.5 Å². The molecule has 0 saturated heterocycles. The van der Waals surface area contributed by atoms with Crippen molar-refractivity contribution in [2.45, 2.75) is 71.6 Å². The van der Waals surface area contributed by atoms with Gasteiger partial charge in [0.2, 0.25) is 0 Å². The number of hydrogen-bond acceptors (Lipinski definition) is 2. The summed E-state index contributed by atoms with van der Waals surface area (Å²) in [7, 11) is 0. The molecule has 3 heteroatoms. The fourth-order valence-corrected chi connectivity index (χ4v) is 2.85. The predicted molar refractivity (Wildman–Crippen MR) is 69.2 cm³/mol. The molecule has 0 aliphatic heterocycles. The lowest BCUT2D eigenvalue weighted by Crippen LogP contribution is -2.33. The van der Waals surface area contributed by atoms with E-state index in [0.29, 0.717) is 18.2 Å². The molecular weight excluding hydrogens is 212 g/mol. The summed E-state index contributed by atoms with van der Waals surface area (Å²) in [6.07, 6.45) is 5.58. The first-order valence-corrected chi connectivity index (χ1v) is 6.76. The van der Waals surface area contributed by atoms with Gasteiger partial charge in [-0.3, -0.25) is 4.68 Å². The molecule has 3 nitrogen and oxygen atoms in total. The first-order chi connectivity index (χ1) is 8.08. The van der Waals surface area contributed by atoms with Crippen molar-refractivity contribution in [2.24, 2.45) is 0 Å². The molecule has 2 unspecified atom stereocenters. The summed E-state index contributed by atoms with van der Waals surface area (Å²) < 4.78 is 8.24. The van der Waals surface area contributed by atoms with Gasteiger partial charge in [-0.1, -0.05) is 12.8 Å². The molecule has 2 rings (SSSR count). The molecule has 0 radical (unpaired) electrons. The molecule has 0 aromatic carbocycles. The Bertz CT molecular complexity index is 370. The number of hydrogen-bond donors (Lipinski definition) is 0. The van der Waals surface area contributed by atoms with Crippen LogP contribution >= 0.6 is 0 Å². The smallest absolute Gasteiger partial charge is 0.0802 e. The lowest BCUT2D eigenvalue weighted by Gasteiger charge is -2.33. The molecule has 0 bridgehead atoms. The van der Waals surface area contributed by atoms with Crippen LogP contribution in [0.1, 0.15) is 57.0 Å². The molecule has 1 aliphatic carbocycles. The van der Waals surface area contributed by atoms with Gasteiger partial charge in [0.05, 0.1) is 23.9 Å². The van der Waals surface area contributed by atoms with E-state index in [1.165, 1.54) is 31.4 Å². The van der Waals surface area contributed by atoms with Gasteiger partial charge in [-0.05, 0) is 46.6 Å². The molecule has 1 saturated carbocycles. The van der Waals surface area contributed by atoms with Crippen molar-refractivity contribution in [3.63, 3.8) is 0 Å². The summed E-state index contributed by atoms with van der Waals surface area (Å²) in [5, 5.41) is 4.63. The monoisotopic (exact) mass is 236 g/mol. The topological polar surface area (TPSA) is 27.1 Å². The summed E-state index contributed by atoms with van der Waals surface area (Å²) in [4.78, 5) is 0. The number of aromatic nitrogens is 2. The normalized spacial score (nSPS) is 25.5. The molecular formula is C14H24N2O. The second kappa shape index (κ2) is 5.21. The maximum absolute atomic E-state index is 6.06. The highest BCUT2D eigenvalue weighted by molar-refractivity contribution is 5.08. The maximum Gasteiger partial charge on any atom is 0.0802 e. The molecule has 96 valence electrons. The third-order valence-corrected chi connectivity index (χ3v) is 3.47. The van der Waals surface area contributed by atoms with Crippen LogP contribution < -0.4 is 0 Å². The van der Waals surface area contributed by atoms with Crippen molar-refractivity contribution >= 4 is 0 Å². The van der Waals surface area contributed by atoms with Gasteiger partial charge in [0.15, 0.2) is 0 Å². The first-order valence-electron chi connectivity index (χ1n) is 6.76. The van der Waals surface area contributed by atoms with E-state index in [9.17, 15) is 0 Å². The molecule has 0 amide bonds. The van der Waals surface area contributed by atoms with Crippen LogP contribution in [0.5, 0.6) is 0 Å². The summed E-state index contributed by atoms with van der Waals surface area (Å²) in [6, 6.07) is 2.58. The highest BCUT2D eigenvalue weighted by atomic mass is 16.5. The molecule has 2 atom stereocenters. The number of ether oxygens (including phenoxy) is 1. The van der Waals surface area contributed by atoms with Gasteiger partial charge in [-0.2, -0.15) is 5.10 Å². The maximum atomic E-state index is 6.06. The lowest BCUT2D eigenvalue weighted by atomic mass is 9.92. The zero-order valence-corrected chi connectivity index (χ0v) is 11.4. The minimum absolute atomic E-state index is 0.303.